The average Bonchev–Trinajstić information content (AvgIpc) is 2.66. The van der Waals surface area contributed by atoms with Crippen LogP contribution in [-0.2, 0) is 4.79 Å². The first-order valence-corrected chi connectivity index (χ1v) is 7.38. The number of carbonyl (C=O) groups is 1. The zero-order chi connectivity index (χ0) is 12.7. The molecule has 5 unspecified atom stereocenters. The van der Waals surface area contributed by atoms with Crippen LogP contribution in [0.5, 0.6) is 0 Å². The zero-order valence-electron chi connectivity index (χ0n) is 8.19. The summed E-state index contributed by atoms with van der Waals surface area (Å²) in [5.41, 5.74) is 0. The fraction of sp³-hybridized carbons (Fsp3) is 0.700. The van der Waals surface area contributed by atoms with E-state index in [1.807, 2.05) is 0 Å². The van der Waals surface area contributed by atoms with E-state index >= 15 is 0 Å². The second-order valence-corrected chi connectivity index (χ2v) is 8.06. The number of hydrogen-bond acceptors (Lipinski definition) is 1. The molecule has 0 aromatic heterocycles. The second kappa shape index (κ2) is 3.62. The average molecular weight is 355 g/mol. The van der Waals surface area contributed by atoms with Gasteiger partial charge in [0, 0.05) is 22.2 Å². The highest BCUT2D eigenvalue weighted by Crippen LogP contribution is 2.70. The molecule has 0 saturated heterocycles. The van der Waals surface area contributed by atoms with Crippen LogP contribution in [-0.4, -0.2) is 20.4 Å². The van der Waals surface area contributed by atoms with Crippen molar-refractivity contribution in [2.75, 3.05) is 0 Å². The van der Waals surface area contributed by atoms with Crippen molar-refractivity contribution < 1.29 is 4.79 Å². The maximum absolute atomic E-state index is 12.4. The molecule has 0 aromatic rings. The summed E-state index contributed by atoms with van der Waals surface area (Å²) in [5, 5.41) is 0.233. The Morgan fingerprint density at radius 1 is 1.18 bits per heavy atom. The molecule has 0 spiro atoms. The minimum Gasteiger partial charge on any atom is -0.294 e. The number of allylic oxidation sites excluding steroid dienone is 2. The molecule has 1 nitrogen and oxygen atoms in total. The molecule has 0 N–H and O–H groups in total. The van der Waals surface area contributed by atoms with Gasteiger partial charge in [0.1, 0.15) is 4.87 Å². The van der Waals surface area contributed by atoms with Crippen molar-refractivity contribution in [2.24, 2.45) is 17.8 Å². The van der Waals surface area contributed by atoms with Crippen LogP contribution in [0.2, 0.25) is 0 Å². The first-order chi connectivity index (χ1) is 7.74. The van der Waals surface area contributed by atoms with E-state index in [1.165, 1.54) is 0 Å². The van der Waals surface area contributed by atoms with Crippen molar-refractivity contribution in [3.05, 3.63) is 10.1 Å². The van der Waals surface area contributed by atoms with Crippen LogP contribution in [0.4, 0.5) is 0 Å². The van der Waals surface area contributed by atoms with Crippen molar-refractivity contribution >= 4 is 75.4 Å². The largest absolute Gasteiger partial charge is 0.294 e. The molecule has 4 bridgehead atoms. The van der Waals surface area contributed by atoms with E-state index < -0.39 is 20.9 Å². The molecular weight excluding hydrogens is 349 g/mol. The predicted molar refractivity (Wildman–Crippen MR) is 71.5 cm³/mol. The highest BCUT2D eigenvalue weighted by molar-refractivity contribution is 6.65. The molecule has 5 atom stereocenters. The SMILES string of the molecule is O=C1C(Cl)(Cl)C2C(Cl)CC3C2C(Cl)=C(Cl)C13Cl. The zero-order valence-corrected chi connectivity index (χ0v) is 12.7. The fourth-order valence-electron chi connectivity index (χ4n) is 3.35. The van der Waals surface area contributed by atoms with Gasteiger partial charge in [-0.2, -0.15) is 0 Å². The van der Waals surface area contributed by atoms with Crippen LogP contribution in [0.25, 0.3) is 0 Å². The number of carbonyl (C=O) groups excluding carboxylic acids is 1. The van der Waals surface area contributed by atoms with E-state index in [4.69, 9.17) is 69.6 Å². The monoisotopic (exact) mass is 352 g/mol. The summed E-state index contributed by atoms with van der Waals surface area (Å²) in [4.78, 5) is 11.0. The van der Waals surface area contributed by atoms with E-state index in [9.17, 15) is 4.79 Å². The Morgan fingerprint density at radius 3 is 2.35 bits per heavy atom. The van der Waals surface area contributed by atoms with Crippen LogP contribution >= 0.6 is 69.6 Å². The molecule has 0 aromatic carbocycles. The molecule has 94 valence electrons. The number of Topliss-reactive ketones (excluding diaryl/α,β-unsaturated/α-hetero) is 1. The summed E-state index contributed by atoms with van der Waals surface area (Å²) in [6.07, 6.45) is 0.541. The van der Waals surface area contributed by atoms with E-state index in [0.29, 0.717) is 11.5 Å². The third-order valence-corrected chi connectivity index (χ3v) is 7.15. The molecule has 0 radical (unpaired) electrons. The van der Waals surface area contributed by atoms with Crippen LogP contribution in [0.3, 0.4) is 0 Å². The molecule has 0 amide bonds. The van der Waals surface area contributed by atoms with Gasteiger partial charge in [0.25, 0.3) is 0 Å². The van der Waals surface area contributed by atoms with E-state index in [0.717, 1.165) is 0 Å². The van der Waals surface area contributed by atoms with Gasteiger partial charge < -0.3 is 0 Å². The number of halogens is 6. The Bertz CT molecular complexity index is 458. The summed E-state index contributed by atoms with van der Waals surface area (Å²) in [6, 6.07) is 0. The second-order valence-electron chi connectivity index (χ2n) is 4.74. The van der Waals surface area contributed by atoms with Gasteiger partial charge in [-0.25, -0.2) is 0 Å². The lowest BCUT2D eigenvalue weighted by Crippen LogP contribution is -2.55. The topological polar surface area (TPSA) is 17.1 Å². The Balaban J connectivity index is 2.28. The van der Waals surface area contributed by atoms with Gasteiger partial charge in [0.2, 0.25) is 0 Å². The summed E-state index contributed by atoms with van der Waals surface area (Å²) in [5.74, 6) is -1.34. The number of ketones is 1. The summed E-state index contributed by atoms with van der Waals surface area (Å²) >= 11 is 37.2. The number of hydrogen-bond donors (Lipinski definition) is 0. The van der Waals surface area contributed by atoms with Crippen LogP contribution in [0, 0.1) is 17.8 Å². The van der Waals surface area contributed by atoms with Gasteiger partial charge in [0.05, 0.1) is 5.03 Å². The molecule has 3 aliphatic rings. The molecule has 3 aliphatic carbocycles. The van der Waals surface area contributed by atoms with Crippen molar-refractivity contribution in [2.45, 2.75) is 21.0 Å². The van der Waals surface area contributed by atoms with Crippen LogP contribution in [0.1, 0.15) is 6.42 Å². The van der Waals surface area contributed by atoms with E-state index in [-0.39, 0.29) is 22.2 Å². The van der Waals surface area contributed by atoms with Gasteiger partial charge in [0.15, 0.2) is 10.1 Å². The van der Waals surface area contributed by atoms with Crippen molar-refractivity contribution in [3.8, 4) is 0 Å². The van der Waals surface area contributed by atoms with E-state index in [2.05, 4.69) is 0 Å². The highest BCUT2D eigenvalue weighted by Gasteiger charge is 2.75. The first kappa shape index (κ1) is 13.1. The Kier molecular flexibility index (Phi) is 2.80. The number of alkyl halides is 4. The van der Waals surface area contributed by atoms with Gasteiger partial charge >= 0.3 is 0 Å². The van der Waals surface area contributed by atoms with Gasteiger partial charge in [-0.15, -0.1) is 23.2 Å². The molecule has 0 aliphatic heterocycles. The van der Waals surface area contributed by atoms with Crippen molar-refractivity contribution in [1.29, 1.82) is 0 Å². The Hall–Kier alpha value is 1.15. The highest BCUT2D eigenvalue weighted by atomic mass is 35.5. The standard InChI is InChI=1S/C10H6Cl6O/c11-3-1-2-4-5(3)10(15,16)8(17)9(2,14)7(13)6(4)12/h2-5H,1H2. The van der Waals surface area contributed by atoms with Crippen LogP contribution < -0.4 is 0 Å². The quantitative estimate of drug-likeness (QED) is 0.593. The van der Waals surface area contributed by atoms with Crippen molar-refractivity contribution in [1.82, 2.24) is 0 Å². The first-order valence-electron chi connectivity index (χ1n) is 5.05. The molecule has 2 fully saturated rings. The predicted octanol–water partition coefficient (Wildman–Crippen LogP) is 4.28. The lowest BCUT2D eigenvalue weighted by molar-refractivity contribution is -0.125. The summed E-state index contributed by atoms with van der Waals surface area (Å²) in [7, 11) is 0. The van der Waals surface area contributed by atoms with E-state index in [1.54, 1.807) is 0 Å². The Labute approximate surface area is 128 Å². The smallest absolute Gasteiger partial charge is 0.195 e. The molecular formula is C10H6Cl6O. The Morgan fingerprint density at radius 2 is 1.76 bits per heavy atom. The lowest BCUT2D eigenvalue weighted by atomic mass is 9.75. The molecule has 17 heavy (non-hydrogen) atoms. The third kappa shape index (κ3) is 1.29. The normalized spacial score (nSPS) is 51.3. The molecule has 0 heterocycles. The van der Waals surface area contributed by atoms with Gasteiger partial charge in [-0.05, 0) is 12.3 Å². The lowest BCUT2D eigenvalue weighted by Gasteiger charge is -2.40. The van der Waals surface area contributed by atoms with Gasteiger partial charge in [-0.1, -0.05) is 46.4 Å². The fourth-order valence-corrected chi connectivity index (χ4v) is 6.30. The molecule has 7 heteroatoms. The molecule has 3 rings (SSSR count). The minimum absolute atomic E-state index is 0.164. The summed E-state index contributed by atoms with van der Waals surface area (Å²) in [6.45, 7) is 0. The van der Waals surface area contributed by atoms with Gasteiger partial charge in [-0.3, -0.25) is 4.79 Å². The van der Waals surface area contributed by atoms with Crippen LogP contribution in [0.15, 0.2) is 10.1 Å². The molecule has 2 saturated carbocycles. The minimum atomic E-state index is -1.62. The summed E-state index contributed by atoms with van der Waals surface area (Å²) < 4.78 is -1.62. The third-order valence-electron chi connectivity index (χ3n) is 4.07. The maximum Gasteiger partial charge on any atom is 0.195 e. The van der Waals surface area contributed by atoms with Crippen molar-refractivity contribution in [3.63, 3.8) is 0 Å². The number of rotatable bonds is 0. The maximum atomic E-state index is 12.4.